The molecule has 1 fully saturated rings. The Morgan fingerprint density at radius 1 is 1.53 bits per heavy atom. The number of carboxylic acids is 1. The van der Waals surface area contributed by atoms with Crippen molar-refractivity contribution in [3.05, 3.63) is 18.0 Å². The summed E-state index contributed by atoms with van der Waals surface area (Å²) in [5.74, 6) is -0.765. The topological polar surface area (TPSA) is 92.4 Å². The maximum absolute atomic E-state index is 11.9. The fourth-order valence-corrected chi connectivity index (χ4v) is 2.45. The van der Waals surface area contributed by atoms with Gasteiger partial charge in [0.1, 0.15) is 11.8 Å². The van der Waals surface area contributed by atoms with Gasteiger partial charge in [-0.2, -0.15) is 0 Å². The molecular weight excluding hydrogens is 248 g/mol. The zero-order valence-electron chi connectivity index (χ0n) is 10.9. The number of nitrogens with zero attached hydrogens (tertiary/aromatic N) is 1. The molecule has 0 unspecified atom stereocenters. The molecule has 1 aromatic heterocycles. The molecule has 1 aliphatic carbocycles. The van der Waals surface area contributed by atoms with Gasteiger partial charge in [0.05, 0.1) is 12.1 Å². The van der Waals surface area contributed by atoms with Gasteiger partial charge in [0, 0.05) is 6.07 Å². The molecule has 1 aliphatic rings. The lowest BCUT2D eigenvalue weighted by molar-refractivity contribution is -0.149. The van der Waals surface area contributed by atoms with E-state index in [0.717, 1.165) is 12.8 Å². The molecule has 0 aromatic carbocycles. The second kappa shape index (κ2) is 5.42. The third kappa shape index (κ3) is 3.13. The van der Waals surface area contributed by atoms with Crippen LogP contribution in [0.25, 0.3) is 0 Å². The Morgan fingerprint density at radius 2 is 2.21 bits per heavy atom. The van der Waals surface area contributed by atoms with Crippen LogP contribution in [-0.4, -0.2) is 27.7 Å². The Hall–Kier alpha value is -1.85. The number of nitrogens with one attached hydrogen (secondary N) is 1. The van der Waals surface area contributed by atoms with Crippen molar-refractivity contribution in [3.63, 3.8) is 0 Å². The average molecular weight is 266 g/mol. The molecule has 0 atom stereocenters. The zero-order chi connectivity index (χ0) is 13.9. The number of aromatic nitrogens is 1. The lowest BCUT2D eigenvalue weighted by atomic mass is 9.77. The minimum atomic E-state index is -1.12. The van der Waals surface area contributed by atoms with E-state index >= 15 is 0 Å². The molecule has 104 valence electrons. The molecule has 1 saturated carbocycles. The highest BCUT2D eigenvalue weighted by Gasteiger charge is 2.42. The molecule has 0 bridgehead atoms. The second-order valence-electron chi connectivity index (χ2n) is 5.29. The first-order chi connectivity index (χ1) is 9.02. The third-order valence-electron chi connectivity index (χ3n) is 3.75. The maximum atomic E-state index is 11.9. The van der Waals surface area contributed by atoms with Crippen LogP contribution in [-0.2, 0) is 16.0 Å². The highest BCUT2D eigenvalue weighted by molar-refractivity contribution is 5.87. The van der Waals surface area contributed by atoms with Crippen LogP contribution in [0.3, 0.4) is 0 Å². The third-order valence-corrected chi connectivity index (χ3v) is 3.75. The molecule has 6 heteroatoms. The van der Waals surface area contributed by atoms with Gasteiger partial charge < -0.3 is 14.9 Å². The average Bonchev–Trinajstić information content (AvgIpc) is 2.84. The number of aliphatic carboxylic acids is 1. The van der Waals surface area contributed by atoms with Gasteiger partial charge in [-0.25, -0.2) is 4.79 Å². The molecule has 1 heterocycles. The smallest absolute Gasteiger partial charge is 0.329 e. The summed E-state index contributed by atoms with van der Waals surface area (Å²) in [6, 6.07) is 1.59. The summed E-state index contributed by atoms with van der Waals surface area (Å²) >= 11 is 0. The first-order valence-corrected chi connectivity index (χ1v) is 6.45. The Labute approximate surface area is 111 Å². The van der Waals surface area contributed by atoms with Crippen LogP contribution in [0, 0.1) is 5.92 Å². The van der Waals surface area contributed by atoms with Gasteiger partial charge in [0.2, 0.25) is 5.91 Å². The molecule has 1 aromatic rings. The van der Waals surface area contributed by atoms with Crippen LogP contribution in [0.2, 0.25) is 0 Å². The summed E-state index contributed by atoms with van der Waals surface area (Å²) in [5.41, 5.74) is -0.616. The van der Waals surface area contributed by atoms with Crippen molar-refractivity contribution in [2.75, 3.05) is 0 Å². The van der Waals surface area contributed by atoms with Crippen molar-refractivity contribution in [1.29, 1.82) is 0 Å². The Morgan fingerprint density at radius 3 is 2.74 bits per heavy atom. The molecule has 19 heavy (non-hydrogen) atoms. The van der Waals surface area contributed by atoms with Crippen LogP contribution in [0.5, 0.6) is 0 Å². The molecule has 2 N–H and O–H groups in total. The number of amides is 1. The minimum absolute atomic E-state index is 0.0427. The van der Waals surface area contributed by atoms with E-state index in [0.29, 0.717) is 24.5 Å². The molecule has 0 saturated heterocycles. The van der Waals surface area contributed by atoms with Crippen LogP contribution in [0.15, 0.2) is 16.9 Å². The number of carboxylic acid groups (broad SMARTS) is 1. The highest BCUT2D eigenvalue weighted by Crippen LogP contribution is 2.32. The predicted molar refractivity (Wildman–Crippen MR) is 66.3 cm³/mol. The summed E-state index contributed by atoms with van der Waals surface area (Å²) in [5, 5.41) is 15.7. The Balaban J connectivity index is 2.01. The highest BCUT2D eigenvalue weighted by atomic mass is 16.5. The molecule has 1 amide bonds. The molecule has 0 aliphatic heterocycles. The summed E-state index contributed by atoms with van der Waals surface area (Å²) < 4.78 is 4.65. The molecule has 0 radical (unpaired) electrons. The maximum Gasteiger partial charge on any atom is 0.329 e. The van der Waals surface area contributed by atoms with Crippen LogP contribution < -0.4 is 5.32 Å². The van der Waals surface area contributed by atoms with Crippen molar-refractivity contribution in [2.45, 2.75) is 44.6 Å². The summed E-state index contributed by atoms with van der Waals surface area (Å²) in [6.45, 7) is 2.10. The largest absolute Gasteiger partial charge is 0.480 e. The lowest BCUT2D eigenvalue weighted by Crippen LogP contribution is -2.56. The number of carbonyl (C=O) groups is 2. The Bertz CT molecular complexity index is 447. The van der Waals surface area contributed by atoms with E-state index in [1.54, 1.807) is 6.07 Å². The van der Waals surface area contributed by atoms with Crippen molar-refractivity contribution in [3.8, 4) is 0 Å². The van der Waals surface area contributed by atoms with Crippen molar-refractivity contribution >= 4 is 11.9 Å². The molecule has 6 nitrogen and oxygen atoms in total. The first-order valence-electron chi connectivity index (χ1n) is 6.45. The van der Waals surface area contributed by atoms with Crippen molar-refractivity contribution in [2.24, 2.45) is 5.92 Å². The fourth-order valence-electron chi connectivity index (χ4n) is 2.45. The molecule has 2 rings (SSSR count). The quantitative estimate of drug-likeness (QED) is 0.858. The van der Waals surface area contributed by atoms with Gasteiger partial charge >= 0.3 is 5.97 Å². The van der Waals surface area contributed by atoms with Gasteiger partial charge in [-0.1, -0.05) is 12.1 Å². The van der Waals surface area contributed by atoms with E-state index in [1.165, 1.54) is 6.26 Å². The zero-order valence-corrected chi connectivity index (χ0v) is 10.9. The van der Waals surface area contributed by atoms with Crippen LogP contribution in [0.1, 0.15) is 38.3 Å². The number of rotatable bonds is 4. The van der Waals surface area contributed by atoms with E-state index < -0.39 is 11.5 Å². The van der Waals surface area contributed by atoms with Crippen molar-refractivity contribution in [1.82, 2.24) is 10.5 Å². The van der Waals surface area contributed by atoms with Gasteiger partial charge in [0.25, 0.3) is 0 Å². The monoisotopic (exact) mass is 266 g/mol. The summed E-state index contributed by atoms with van der Waals surface area (Å²) in [7, 11) is 0. The van der Waals surface area contributed by atoms with Gasteiger partial charge in [-0.05, 0) is 31.6 Å². The van der Waals surface area contributed by atoms with Gasteiger partial charge in [0.15, 0.2) is 0 Å². The minimum Gasteiger partial charge on any atom is -0.480 e. The first kappa shape index (κ1) is 13.6. The van der Waals surface area contributed by atoms with E-state index in [9.17, 15) is 14.7 Å². The number of carbonyl (C=O) groups excluding carboxylic acids is 1. The normalized spacial score (nSPS) is 26.9. The predicted octanol–water partition coefficient (Wildman–Crippen LogP) is 1.37. The van der Waals surface area contributed by atoms with E-state index in [1.807, 2.05) is 0 Å². The van der Waals surface area contributed by atoms with E-state index in [2.05, 4.69) is 21.9 Å². The standard InChI is InChI=1S/C13H18N2O4/c1-9-2-5-13(6-3-9,12(17)18)14-11(16)8-10-4-7-19-15-10/h4,7,9H,2-3,5-6,8H2,1H3,(H,14,16)(H,17,18). The van der Waals surface area contributed by atoms with Crippen LogP contribution in [0.4, 0.5) is 0 Å². The molecule has 0 spiro atoms. The SMILES string of the molecule is CC1CCC(NC(=O)Cc2ccon2)(C(=O)O)CC1. The van der Waals surface area contributed by atoms with E-state index in [-0.39, 0.29) is 12.3 Å². The van der Waals surface area contributed by atoms with E-state index in [4.69, 9.17) is 0 Å². The fraction of sp³-hybridized carbons (Fsp3) is 0.615. The number of hydrogen-bond donors (Lipinski definition) is 2. The molecular formula is C13H18N2O4. The van der Waals surface area contributed by atoms with Gasteiger partial charge in [-0.15, -0.1) is 0 Å². The lowest BCUT2D eigenvalue weighted by Gasteiger charge is -2.36. The summed E-state index contributed by atoms with van der Waals surface area (Å²) in [4.78, 5) is 23.4. The van der Waals surface area contributed by atoms with Crippen molar-refractivity contribution < 1.29 is 19.2 Å². The Kier molecular flexibility index (Phi) is 3.87. The van der Waals surface area contributed by atoms with Gasteiger partial charge in [-0.3, -0.25) is 4.79 Å². The number of hydrogen-bond acceptors (Lipinski definition) is 4. The second-order valence-corrected chi connectivity index (χ2v) is 5.29. The summed E-state index contributed by atoms with van der Waals surface area (Å²) in [6.07, 6.45) is 4.02. The van der Waals surface area contributed by atoms with Crippen LogP contribution >= 0.6 is 0 Å².